The summed E-state index contributed by atoms with van der Waals surface area (Å²) in [6.07, 6.45) is 2.64. The summed E-state index contributed by atoms with van der Waals surface area (Å²) in [5.74, 6) is 2.78. The highest BCUT2D eigenvalue weighted by Gasteiger charge is 2.22. The number of nitrogens with zero attached hydrogens (tertiary/aromatic N) is 2. The number of aliphatic imine (C=N–C) groups is 1. The quantitative estimate of drug-likeness (QED) is 0.772. The minimum absolute atomic E-state index is 0. The molecule has 3 rings (SSSR count). The van der Waals surface area contributed by atoms with Crippen LogP contribution in [0.15, 0.2) is 23.2 Å². The summed E-state index contributed by atoms with van der Waals surface area (Å²) >= 11 is 0. The Morgan fingerprint density at radius 3 is 2.86 bits per heavy atom. The van der Waals surface area contributed by atoms with Crippen molar-refractivity contribution in [1.29, 1.82) is 0 Å². The van der Waals surface area contributed by atoms with Gasteiger partial charge in [-0.2, -0.15) is 0 Å². The molecule has 2 aliphatic rings. The number of hydrogen-bond acceptors (Lipinski definition) is 4. The molecule has 0 aromatic heterocycles. The van der Waals surface area contributed by atoms with Crippen LogP contribution in [0.2, 0.25) is 0 Å². The second kappa shape index (κ2) is 7.33. The van der Waals surface area contributed by atoms with Gasteiger partial charge in [-0.3, -0.25) is 4.99 Å². The van der Waals surface area contributed by atoms with Crippen LogP contribution < -0.4 is 10.1 Å². The zero-order valence-corrected chi connectivity index (χ0v) is 15.1. The predicted octanol–water partition coefficient (Wildman–Crippen LogP) is 2.79. The molecule has 0 atom stereocenters. The number of aryl methyl sites for hydroxylation is 1. The first kappa shape index (κ1) is 16.4. The molecule has 0 amide bonds. The Balaban J connectivity index is 0.00000161. The molecule has 4 nitrogen and oxygen atoms in total. The van der Waals surface area contributed by atoms with E-state index < -0.39 is 0 Å². The Morgan fingerprint density at radius 1 is 1.38 bits per heavy atom. The molecule has 21 heavy (non-hydrogen) atoms. The van der Waals surface area contributed by atoms with E-state index >= 15 is 0 Å². The molecule has 0 saturated heterocycles. The Hall–Kier alpha value is -0.980. The molecule has 1 heterocycles. The van der Waals surface area contributed by atoms with Crippen molar-refractivity contribution < 1.29 is 4.74 Å². The summed E-state index contributed by atoms with van der Waals surface area (Å²) in [4.78, 5) is 6.61. The van der Waals surface area contributed by atoms with Crippen LogP contribution in [0.1, 0.15) is 24.0 Å². The van der Waals surface area contributed by atoms with Crippen molar-refractivity contribution in [1.82, 2.24) is 10.2 Å². The molecule has 1 aromatic rings. The lowest BCUT2D eigenvalue weighted by molar-refractivity contribution is 0.296. The number of ether oxygens (including phenoxy) is 1. The van der Waals surface area contributed by atoms with Crippen LogP contribution in [-0.2, 0) is 6.54 Å². The highest BCUT2D eigenvalue weighted by molar-refractivity contribution is 14.0. The third-order valence-electron chi connectivity index (χ3n) is 3.89. The fourth-order valence-corrected chi connectivity index (χ4v) is 2.33. The number of guanidine groups is 1. The number of nitrogens with one attached hydrogen (secondary N) is 1. The van der Waals surface area contributed by atoms with Crippen LogP contribution in [0.4, 0.5) is 0 Å². The monoisotopic (exact) mass is 401 g/mol. The fraction of sp³-hybridized carbons (Fsp3) is 0.562. The van der Waals surface area contributed by atoms with Gasteiger partial charge in [0.15, 0.2) is 5.96 Å². The van der Waals surface area contributed by atoms with Gasteiger partial charge in [0.1, 0.15) is 5.75 Å². The van der Waals surface area contributed by atoms with Crippen LogP contribution in [0.5, 0.6) is 5.75 Å². The lowest BCUT2D eigenvalue weighted by Gasteiger charge is -2.17. The summed E-state index contributed by atoms with van der Waals surface area (Å²) in [7, 11) is 2.07. The van der Waals surface area contributed by atoms with E-state index in [2.05, 4.69) is 47.4 Å². The van der Waals surface area contributed by atoms with Gasteiger partial charge in [-0.15, -0.1) is 24.0 Å². The number of benzene rings is 1. The van der Waals surface area contributed by atoms with Crippen LogP contribution >= 0.6 is 24.0 Å². The zero-order valence-electron chi connectivity index (χ0n) is 12.8. The molecule has 0 radical (unpaired) electrons. The van der Waals surface area contributed by atoms with Gasteiger partial charge in [-0.25, -0.2) is 0 Å². The minimum atomic E-state index is 0. The van der Waals surface area contributed by atoms with Crippen molar-refractivity contribution in [3.8, 4) is 5.75 Å². The molecule has 1 aliphatic heterocycles. The first-order valence-corrected chi connectivity index (χ1v) is 7.44. The third-order valence-corrected chi connectivity index (χ3v) is 3.89. The predicted molar refractivity (Wildman–Crippen MR) is 96.6 cm³/mol. The van der Waals surface area contributed by atoms with Gasteiger partial charge in [0.05, 0.1) is 13.2 Å². The fourth-order valence-electron chi connectivity index (χ4n) is 2.33. The molecule has 1 N–H and O–H groups in total. The molecular formula is C16H24IN3O. The summed E-state index contributed by atoms with van der Waals surface area (Å²) in [6, 6.07) is 6.43. The number of halogens is 1. The minimum Gasteiger partial charge on any atom is -0.493 e. The number of hydrogen-bond donors (Lipinski definition) is 1. The van der Waals surface area contributed by atoms with E-state index in [-0.39, 0.29) is 24.0 Å². The van der Waals surface area contributed by atoms with E-state index in [0.29, 0.717) is 0 Å². The lowest BCUT2D eigenvalue weighted by atomic mass is 10.1. The van der Waals surface area contributed by atoms with Crippen molar-refractivity contribution in [2.75, 3.05) is 26.7 Å². The lowest BCUT2D eigenvalue weighted by Crippen LogP contribution is -2.35. The Kier molecular flexibility index (Phi) is 5.72. The molecule has 1 aromatic carbocycles. The van der Waals surface area contributed by atoms with Gasteiger partial charge in [0.2, 0.25) is 0 Å². The molecule has 116 valence electrons. The maximum atomic E-state index is 5.99. The normalized spacial score (nSPS) is 17.2. The van der Waals surface area contributed by atoms with E-state index in [4.69, 9.17) is 4.74 Å². The van der Waals surface area contributed by atoms with Gasteiger partial charge in [-0.1, -0.05) is 12.1 Å². The second-order valence-electron chi connectivity index (χ2n) is 5.85. The van der Waals surface area contributed by atoms with Crippen LogP contribution in [0.3, 0.4) is 0 Å². The molecule has 5 heteroatoms. The summed E-state index contributed by atoms with van der Waals surface area (Å²) < 4.78 is 5.99. The molecular weight excluding hydrogens is 377 g/mol. The van der Waals surface area contributed by atoms with Gasteiger partial charge in [-0.05, 0) is 37.3 Å². The number of rotatable bonds is 5. The smallest absolute Gasteiger partial charge is 0.194 e. The third kappa shape index (κ3) is 4.49. The molecule has 0 spiro atoms. The maximum Gasteiger partial charge on any atom is 0.194 e. The summed E-state index contributed by atoms with van der Waals surface area (Å²) in [5.41, 5.74) is 2.45. The van der Waals surface area contributed by atoms with Crippen molar-refractivity contribution in [3.63, 3.8) is 0 Å². The average molecular weight is 401 g/mol. The van der Waals surface area contributed by atoms with E-state index in [1.54, 1.807) is 0 Å². The summed E-state index contributed by atoms with van der Waals surface area (Å²) in [6.45, 7) is 5.62. The van der Waals surface area contributed by atoms with Gasteiger partial charge in [0, 0.05) is 25.7 Å². The van der Waals surface area contributed by atoms with Crippen molar-refractivity contribution in [2.45, 2.75) is 26.3 Å². The van der Waals surface area contributed by atoms with Crippen molar-refractivity contribution in [3.05, 3.63) is 29.3 Å². The highest BCUT2D eigenvalue weighted by atomic mass is 127. The van der Waals surface area contributed by atoms with Gasteiger partial charge in [0.25, 0.3) is 0 Å². The van der Waals surface area contributed by atoms with E-state index in [1.807, 2.05) is 0 Å². The average Bonchev–Trinajstić information content (AvgIpc) is 3.18. The number of likely N-dealkylation sites (N-methyl/N-ethyl adjacent to an activating group) is 1. The highest BCUT2D eigenvalue weighted by Crippen LogP contribution is 2.30. The van der Waals surface area contributed by atoms with Crippen LogP contribution in [0, 0.1) is 12.8 Å². The van der Waals surface area contributed by atoms with Crippen molar-refractivity contribution >= 4 is 29.9 Å². The SMILES string of the molecule is Cc1ccc(CNC2=NCCN2C)c(OCC2CC2)c1.I. The van der Waals surface area contributed by atoms with Crippen molar-refractivity contribution in [2.24, 2.45) is 10.9 Å². The molecule has 0 bridgehead atoms. The topological polar surface area (TPSA) is 36.9 Å². The van der Waals surface area contributed by atoms with Crippen LogP contribution in [0.25, 0.3) is 0 Å². The van der Waals surface area contributed by atoms with Gasteiger partial charge >= 0.3 is 0 Å². The molecule has 1 fully saturated rings. The van der Waals surface area contributed by atoms with Gasteiger partial charge < -0.3 is 15.0 Å². The second-order valence-corrected chi connectivity index (χ2v) is 5.85. The van der Waals surface area contributed by atoms with E-state index in [0.717, 1.165) is 43.9 Å². The maximum absolute atomic E-state index is 5.99. The van der Waals surface area contributed by atoms with E-state index in [9.17, 15) is 0 Å². The molecule has 1 aliphatic carbocycles. The first-order chi connectivity index (χ1) is 9.72. The summed E-state index contributed by atoms with van der Waals surface area (Å²) in [5, 5.41) is 3.41. The molecule has 0 unspecified atom stereocenters. The largest absolute Gasteiger partial charge is 0.493 e. The Labute approximate surface area is 144 Å². The standard InChI is InChI=1S/C16H23N3O.HI/c1-12-3-6-14(10-18-16-17-7-8-19(16)2)15(9-12)20-11-13-4-5-13;/h3,6,9,13H,4-5,7-8,10-11H2,1-2H3,(H,17,18);1H. The van der Waals surface area contributed by atoms with Crippen LogP contribution in [-0.4, -0.2) is 37.6 Å². The first-order valence-electron chi connectivity index (χ1n) is 7.44. The Morgan fingerprint density at radius 2 is 2.19 bits per heavy atom. The Bertz CT molecular complexity index is 514. The van der Waals surface area contributed by atoms with E-state index in [1.165, 1.54) is 24.0 Å². The molecule has 1 saturated carbocycles. The zero-order chi connectivity index (χ0) is 13.9.